The Morgan fingerprint density at radius 1 is 1.38 bits per heavy atom. The van der Waals surface area contributed by atoms with Gasteiger partial charge in [-0.3, -0.25) is 14.4 Å². The molecule has 2 aromatic rings. The van der Waals surface area contributed by atoms with Gasteiger partial charge in [-0.1, -0.05) is 0 Å². The fraction of sp³-hybridized carbons (Fsp3) is 0.529. The predicted octanol–water partition coefficient (Wildman–Crippen LogP) is 1.82. The number of carbonyl (C=O) groups excluding carboxylic acids is 2. The number of hydrogen-bond donors (Lipinski definition) is 2. The van der Waals surface area contributed by atoms with Crippen LogP contribution >= 0.6 is 11.3 Å². The lowest BCUT2D eigenvalue weighted by Crippen LogP contribution is -2.55. The van der Waals surface area contributed by atoms with Crippen LogP contribution in [0.5, 0.6) is 0 Å². The maximum Gasteiger partial charge on any atom is 0.316 e. The third-order valence-electron chi connectivity index (χ3n) is 4.82. The van der Waals surface area contributed by atoms with Gasteiger partial charge in [0.15, 0.2) is 5.82 Å². The smallest absolute Gasteiger partial charge is 0.316 e. The summed E-state index contributed by atoms with van der Waals surface area (Å²) < 4.78 is 1.67. The van der Waals surface area contributed by atoms with Gasteiger partial charge < -0.3 is 10.6 Å². The maximum absolute atomic E-state index is 12.8. The maximum atomic E-state index is 12.8. The van der Waals surface area contributed by atoms with Crippen LogP contribution in [0, 0.1) is 5.92 Å². The summed E-state index contributed by atoms with van der Waals surface area (Å²) in [5, 5.41) is 13.0. The minimum Gasteiger partial charge on any atom is -0.329 e. The predicted molar refractivity (Wildman–Crippen MR) is 97.8 cm³/mol. The van der Waals surface area contributed by atoms with Crippen LogP contribution < -0.4 is 15.5 Å². The molecule has 0 aromatic carbocycles. The Kier molecular flexibility index (Phi) is 4.62. The van der Waals surface area contributed by atoms with Crippen LogP contribution in [0.15, 0.2) is 23.8 Å². The molecule has 2 fully saturated rings. The van der Waals surface area contributed by atoms with Gasteiger partial charge in [0.1, 0.15) is 11.0 Å². The van der Waals surface area contributed by atoms with Crippen molar-refractivity contribution in [2.45, 2.75) is 37.8 Å². The number of rotatable bonds is 5. The highest BCUT2D eigenvalue weighted by Gasteiger charge is 2.36. The molecule has 9 heteroatoms. The topological polar surface area (TPSA) is 92.1 Å². The second-order valence-electron chi connectivity index (χ2n) is 6.84. The van der Waals surface area contributed by atoms with Crippen LogP contribution in [0.25, 0.3) is 0 Å². The number of nitrogens with one attached hydrogen (secondary N) is 2. The summed E-state index contributed by atoms with van der Waals surface area (Å²) in [6.45, 7) is 0.624. The van der Waals surface area contributed by atoms with Gasteiger partial charge in [-0.2, -0.15) is 5.10 Å². The van der Waals surface area contributed by atoms with Crippen molar-refractivity contribution in [1.29, 1.82) is 0 Å². The van der Waals surface area contributed by atoms with Gasteiger partial charge in [0, 0.05) is 37.4 Å². The lowest BCUT2D eigenvalue weighted by atomic mass is 10.0. The molecule has 1 saturated carbocycles. The van der Waals surface area contributed by atoms with Crippen molar-refractivity contribution in [2.24, 2.45) is 13.0 Å². The van der Waals surface area contributed by atoms with Crippen molar-refractivity contribution in [2.75, 3.05) is 11.4 Å². The first-order valence-electron chi connectivity index (χ1n) is 8.89. The van der Waals surface area contributed by atoms with E-state index in [4.69, 9.17) is 0 Å². The molecule has 1 aliphatic carbocycles. The van der Waals surface area contributed by atoms with Gasteiger partial charge in [0.2, 0.25) is 0 Å². The highest BCUT2D eigenvalue weighted by atomic mass is 32.1. The number of nitrogens with zero attached hydrogens (tertiary/aromatic N) is 4. The number of carbonyl (C=O) groups is 2. The molecule has 0 bridgehead atoms. The minimum atomic E-state index is -0.526. The van der Waals surface area contributed by atoms with Crippen LogP contribution in [0.1, 0.15) is 36.7 Å². The summed E-state index contributed by atoms with van der Waals surface area (Å²) in [7, 11) is 1.82. The van der Waals surface area contributed by atoms with Crippen LogP contribution in [-0.4, -0.2) is 39.3 Å². The summed E-state index contributed by atoms with van der Waals surface area (Å²) >= 11 is 1.55. The zero-order valence-corrected chi connectivity index (χ0v) is 15.4. The fourth-order valence-electron chi connectivity index (χ4n) is 3.32. The number of urea groups is 1. The number of piperidine rings is 1. The molecule has 4 rings (SSSR count). The molecular weight excluding hydrogens is 352 g/mol. The summed E-state index contributed by atoms with van der Waals surface area (Å²) in [5.41, 5.74) is 0. The Bertz CT molecular complexity index is 785. The summed E-state index contributed by atoms with van der Waals surface area (Å²) in [5.74, 6) is 0.962. The zero-order valence-electron chi connectivity index (χ0n) is 14.6. The van der Waals surface area contributed by atoms with E-state index in [1.165, 1.54) is 0 Å². The van der Waals surface area contributed by atoms with Crippen LogP contribution in [0.2, 0.25) is 0 Å². The monoisotopic (exact) mass is 374 g/mol. The Morgan fingerprint density at radius 3 is 2.88 bits per heavy atom. The molecule has 8 nitrogen and oxygen atoms in total. The number of anilines is 1. The first kappa shape index (κ1) is 17.0. The largest absolute Gasteiger partial charge is 0.329 e. The Hall–Kier alpha value is -2.42. The Balaban J connectivity index is 1.39. The van der Waals surface area contributed by atoms with Gasteiger partial charge in [0.25, 0.3) is 5.91 Å². The van der Waals surface area contributed by atoms with E-state index in [0.29, 0.717) is 24.7 Å². The summed E-state index contributed by atoms with van der Waals surface area (Å²) in [4.78, 5) is 31.2. The van der Waals surface area contributed by atoms with Gasteiger partial charge in [-0.25, -0.2) is 9.78 Å². The van der Waals surface area contributed by atoms with Crippen LogP contribution in [0.4, 0.5) is 10.6 Å². The highest BCUT2D eigenvalue weighted by molar-refractivity contribution is 7.09. The molecule has 0 unspecified atom stereocenters. The number of aryl methyl sites for hydroxylation is 1. The van der Waals surface area contributed by atoms with E-state index in [1.54, 1.807) is 33.3 Å². The summed E-state index contributed by atoms with van der Waals surface area (Å²) in [6, 6.07) is 0.909. The van der Waals surface area contributed by atoms with Crippen molar-refractivity contribution < 1.29 is 9.59 Å². The summed E-state index contributed by atoms with van der Waals surface area (Å²) in [6.07, 6.45) is 7.22. The van der Waals surface area contributed by atoms with Crippen LogP contribution in [-0.2, 0) is 11.8 Å². The third kappa shape index (κ3) is 3.57. The molecule has 2 aliphatic rings. The second-order valence-corrected chi connectivity index (χ2v) is 7.76. The second kappa shape index (κ2) is 7.06. The molecule has 1 saturated heterocycles. The molecule has 2 aromatic heterocycles. The van der Waals surface area contributed by atoms with Gasteiger partial charge in [-0.05, 0) is 31.6 Å². The van der Waals surface area contributed by atoms with Gasteiger partial charge in [-0.15, -0.1) is 11.3 Å². The number of amides is 3. The van der Waals surface area contributed by atoms with E-state index >= 15 is 0 Å². The lowest BCUT2D eigenvalue weighted by molar-refractivity contribution is -0.121. The molecule has 2 N–H and O–H groups in total. The van der Waals surface area contributed by atoms with Crippen molar-refractivity contribution in [3.8, 4) is 0 Å². The molecule has 26 heavy (non-hydrogen) atoms. The molecule has 0 spiro atoms. The van der Waals surface area contributed by atoms with E-state index in [-0.39, 0.29) is 18.0 Å². The Labute approximate surface area is 155 Å². The fourth-order valence-corrected chi connectivity index (χ4v) is 4.10. The van der Waals surface area contributed by atoms with Crippen LogP contribution in [0.3, 0.4) is 0 Å². The number of thiazole rings is 1. The first-order valence-corrected chi connectivity index (χ1v) is 9.77. The standard InChI is InChI=1S/C17H22N6O2S/c1-22-9-6-13(21-22)23-8-2-3-12(16(23)24)19-17(25)20-14(11-4-5-11)15-18-7-10-26-15/h6-7,9-12,14H,2-5,8H2,1H3,(H2,19,20,25)/t12-,14-/m0/s1. The zero-order chi connectivity index (χ0) is 18.1. The van der Waals surface area contributed by atoms with Crippen molar-refractivity contribution >= 4 is 29.1 Å². The SMILES string of the molecule is Cn1ccc(N2CCC[C@H](NC(=O)N[C@H](c3nccs3)C3CC3)C2=O)n1. The lowest BCUT2D eigenvalue weighted by Gasteiger charge is -2.31. The average molecular weight is 374 g/mol. The number of hydrogen-bond acceptors (Lipinski definition) is 5. The third-order valence-corrected chi connectivity index (χ3v) is 5.68. The van der Waals surface area contributed by atoms with Gasteiger partial charge in [0.05, 0.1) is 6.04 Å². The molecule has 0 radical (unpaired) electrons. The number of aromatic nitrogens is 3. The van der Waals surface area contributed by atoms with E-state index < -0.39 is 6.04 Å². The van der Waals surface area contributed by atoms with Crippen molar-refractivity contribution in [1.82, 2.24) is 25.4 Å². The molecule has 138 valence electrons. The quantitative estimate of drug-likeness (QED) is 0.835. The van der Waals surface area contributed by atoms with Crippen molar-refractivity contribution in [3.05, 3.63) is 28.8 Å². The van der Waals surface area contributed by atoms with Gasteiger partial charge >= 0.3 is 6.03 Å². The Morgan fingerprint density at radius 2 is 2.23 bits per heavy atom. The average Bonchev–Trinajstić information content (AvgIpc) is 3.13. The van der Waals surface area contributed by atoms with E-state index in [9.17, 15) is 9.59 Å². The van der Waals surface area contributed by atoms with Crippen molar-refractivity contribution in [3.63, 3.8) is 0 Å². The normalized spacial score (nSPS) is 21.5. The molecule has 3 amide bonds. The minimum absolute atomic E-state index is 0.0689. The molecular formula is C17H22N6O2S. The van der Waals surface area contributed by atoms with E-state index in [1.807, 2.05) is 18.5 Å². The molecule has 1 aliphatic heterocycles. The molecule has 3 heterocycles. The van der Waals surface area contributed by atoms with E-state index in [2.05, 4.69) is 20.7 Å². The molecule has 2 atom stereocenters. The highest BCUT2D eigenvalue weighted by Crippen LogP contribution is 2.41. The first-order chi connectivity index (χ1) is 12.6. The van der Waals surface area contributed by atoms with E-state index in [0.717, 1.165) is 24.3 Å².